The molecule has 2 aliphatic heterocycles. The molecule has 8 nitrogen and oxygen atoms in total. The number of carbonyl (C=O) groups excluding carboxylic acids is 2. The molecule has 0 saturated carbocycles. The van der Waals surface area contributed by atoms with Gasteiger partial charge < -0.3 is 20.3 Å². The van der Waals surface area contributed by atoms with Crippen molar-refractivity contribution in [3.63, 3.8) is 0 Å². The predicted molar refractivity (Wildman–Crippen MR) is 135 cm³/mol. The van der Waals surface area contributed by atoms with Crippen LogP contribution in [0.4, 0.5) is 27.8 Å². The molecule has 214 valence electrons. The Kier molecular flexibility index (Phi) is 9.04. The van der Waals surface area contributed by atoms with Gasteiger partial charge in [0.2, 0.25) is 0 Å². The highest BCUT2D eigenvalue weighted by atomic mass is 32.1. The number of aromatic nitrogens is 2. The first kappa shape index (κ1) is 29.1. The standard InChI is InChI=1S/C25H30F5N5O3S/c1-3-17(25(28,29)30)33-18-11-15(21(26)27)16(12-31-18)20-19(24(37)35-8-4-5-13(35)2)34-23(39-20)22(36)32-14-6-9-38-10-7-14/h11-14,17,21H,3-10H2,1-2H3,(H,31,33)(H,32,36)/t13-,17?/m0/s1. The summed E-state index contributed by atoms with van der Waals surface area (Å²) >= 11 is 0.782. The fraction of sp³-hybridized carbons (Fsp3) is 0.600. The summed E-state index contributed by atoms with van der Waals surface area (Å²) in [4.78, 5) is 36.4. The Morgan fingerprint density at radius 2 is 1.95 bits per heavy atom. The number of thiazole rings is 1. The lowest BCUT2D eigenvalue weighted by Crippen LogP contribution is -2.39. The second-order valence-corrected chi connectivity index (χ2v) is 10.6. The van der Waals surface area contributed by atoms with Crippen LogP contribution in [0.3, 0.4) is 0 Å². The van der Waals surface area contributed by atoms with E-state index < -0.39 is 36.0 Å². The number of alkyl halides is 5. The lowest BCUT2D eigenvalue weighted by atomic mass is 10.1. The van der Waals surface area contributed by atoms with Crippen molar-refractivity contribution < 1.29 is 36.3 Å². The highest BCUT2D eigenvalue weighted by Crippen LogP contribution is 2.39. The van der Waals surface area contributed by atoms with Crippen LogP contribution in [0.2, 0.25) is 0 Å². The summed E-state index contributed by atoms with van der Waals surface area (Å²) in [6.45, 7) is 4.62. The van der Waals surface area contributed by atoms with Crippen molar-refractivity contribution in [2.24, 2.45) is 0 Å². The molecule has 0 bridgehead atoms. The van der Waals surface area contributed by atoms with Crippen molar-refractivity contribution in [2.45, 2.75) is 76.7 Å². The highest BCUT2D eigenvalue weighted by Gasteiger charge is 2.39. The number of halogens is 5. The Hall–Kier alpha value is -2.87. The van der Waals surface area contributed by atoms with E-state index in [1.807, 2.05) is 6.92 Å². The first-order valence-electron chi connectivity index (χ1n) is 12.8. The van der Waals surface area contributed by atoms with Gasteiger partial charge in [0.05, 0.1) is 4.88 Å². The van der Waals surface area contributed by atoms with E-state index in [4.69, 9.17) is 4.74 Å². The highest BCUT2D eigenvalue weighted by molar-refractivity contribution is 7.17. The molecule has 0 aromatic carbocycles. The molecule has 2 aromatic heterocycles. The van der Waals surface area contributed by atoms with Crippen LogP contribution in [0, 0.1) is 0 Å². The van der Waals surface area contributed by atoms with Crippen molar-refractivity contribution >= 4 is 29.0 Å². The van der Waals surface area contributed by atoms with E-state index in [0.29, 0.717) is 32.6 Å². The molecule has 39 heavy (non-hydrogen) atoms. The number of likely N-dealkylation sites (tertiary alicyclic amines) is 1. The van der Waals surface area contributed by atoms with Crippen LogP contribution in [0.1, 0.15) is 78.2 Å². The Morgan fingerprint density at radius 3 is 2.54 bits per heavy atom. The monoisotopic (exact) mass is 575 g/mol. The molecule has 0 radical (unpaired) electrons. The Bertz CT molecular complexity index is 1190. The molecule has 14 heteroatoms. The molecule has 0 spiro atoms. The van der Waals surface area contributed by atoms with E-state index in [-0.39, 0.29) is 45.5 Å². The maximum absolute atomic E-state index is 14.2. The number of rotatable bonds is 8. The van der Waals surface area contributed by atoms with Gasteiger partial charge in [0.25, 0.3) is 18.2 Å². The molecular weight excluding hydrogens is 545 g/mol. The molecule has 2 amide bonds. The van der Waals surface area contributed by atoms with Crippen LogP contribution in [0.25, 0.3) is 10.4 Å². The Labute approximate surface area is 226 Å². The molecule has 2 atom stereocenters. The van der Waals surface area contributed by atoms with Crippen molar-refractivity contribution in [3.8, 4) is 10.4 Å². The van der Waals surface area contributed by atoms with Crippen molar-refractivity contribution in [3.05, 3.63) is 28.5 Å². The number of nitrogens with zero attached hydrogens (tertiary/aromatic N) is 3. The molecule has 2 saturated heterocycles. The summed E-state index contributed by atoms with van der Waals surface area (Å²) in [5, 5.41) is 4.95. The topological polar surface area (TPSA) is 96.4 Å². The van der Waals surface area contributed by atoms with E-state index in [1.165, 1.54) is 6.92 Å². The molecule has 2 aliphatic rings. The van der Waals surface area contributed by atoms with Gasteiger partial charge in [-0.25, -0.2) is 18.7 Å². The summed E-state index contributed by atoms with van der Waals surface area (Å²) in [6.07, 6.45) is -4.27. The quantitative estimate of drug-likeness (QED) is 0.408. The minimum atomic E-state index is -4.60. The van der Waals surface area contributed by atoms with E-state index in [9.17, 15) is 31.5 Å². The molecular formula is C25H30F5N5O3S. The van der Waals surface area contributed by atoms with Gasteiger partial charge in [0, 0.05) is 49.2 Å². The number of amides is 2. The number of hydrogen-bond donors (Lipinski definition) is 2. The number of hydrogen-bond acceptors (Lipinski definition) is 7. The third kappa shape index (κ3) is 6.65. The number of carbonyl (C=O) groups is 2. The average Bonchev–Trinajstić information content (AvgIpc) is 3.53. The van der Waals surface area contributed by atoms with Gasteiger partial charge in [-0.2, -0.15) is 13.2 Å². The second-order valence-electron chi connectivity index (χ2n) is 9.65. The lowest BCUT2D eigenvalue weighted by molar-refractivity contribution is -0.142. The van der Waals surface area contributed by atoms with Gasteiger partial charge in [-0.15, -0.1) is 11.3 Å². The smallest absolute Gasteiger partial charge is 0.381 e. The fourth-order valence-electron chi connectivity index (χ4n) is 4.72. The van der Waals surface area contributed by atoms with E-state index in [1.54, 1.807) is 4.90 Å². The zero-order valence-electron chi connectivity index (χ0n) is 21.5. The van der Waals surface area contributed by atoms with Gasteiger partial charge >= 0.3 is 6.18 Å². The minimum absolute atomic E-state index is 0.0217. The van der Waals surface area contributed by atoms with Crippen molar-refractivity contribution in [2.75, 3.05) is 25.1 Å². The third-order valence-corrected chi connectivity index (χ3v) is 8.02. The molecule has 1 unspecified atom stereocenters. The maximum Gasteiger partial charge on any atom is 0.408 e. The molecule has 2 N–H and O–H groups in total. The molecule has 2 aromatic rings. The zero-order chi connectivity index (χ0) is 28.3. The van der Waals surface area contributed by atoms with E-state index in [2.05, 4.69) is 20.6 Å². The number of anilines is 1. The largest absolute Gasteiger partial charge is 0.408 e. The summed E-state index contributed by atoms with van der Waals surface area (Å²) < 4.78 is 73.5. The number of pyridine rings is 1. The first-order valence-corrected chi connectivity index (χ1v) is 13.6. The van der Waals surface area contributed by atoms with E-state index >= 15 is 0 Å². The fourth-order valence-corrected chi connectivity index (χ4v) is 5.71. The molecule has 4 heterocycles. The van der Waals surface area contributed by atoms with Crippen LogP contribution in [-0.4, -0.2) is 70.7 Å². The van der Waals surface area contributed by atoms with Crippen LogP contribution < -0.4 is 10.6 Å². The van der Waals surface area contributed by atoms with Gasteiger partial charge in [0.15, 0.2) is 5.01 Å². The number of nitrogens with one attached hydrogen (secondary N) is 2. The van der Waals surface area contributed by atoms with Crippen molar-refractivity contribution in [1.29, 1.82) is 0 Å². The van der Waals surface area contributed by atoms with Crippen molar-refractivity contribution in [1.82, 2.24) is 20.2 Å². The summed E-state index contributed by atoms with van der Waals surface area (Å²) in [5.41, 5.74) is -0.932. The average molecular weight is 576 g/mol. The van der Waals surface area contributed by atoms with Crippen LogP contribution in [0.5, 0.6) is 0 Å². The normalized spacial score (nSPS) is 19.4. The second kappa shape index (κ2) is 12.1. The van der Waals surface area contributed by atoms with Crippen LogP contribution >= 0.6 is 11.3 Å². The number of ether oxygens (including phenoxy) is 1. The van der Waals surface area contributed by atoms with Crippen LogP contribution in [-0.2, 0) is 4.74 Å². The zero-order valence-corrected chi connectivity index (χ0v) is 22.3. The van der Waals surface area contributed by atoms with Gasteiger partial charge in [0.1, 0.15) is 17.6 Å². The summed E-state index contributed by atoms with van der Waals surface area (Å²) in [5.74, 6) is -1.41. The molecule has 4 rings (SSSR count). The SMILES string of the molecule is CCC(Nc1cc(C(F)F)c(-c2sc(C(=O)NC3CCOCC3)nc2C(=O)N2CCC[C@@H]2C)cn1)C(F)(F)F. The Morgan fingerprint density at radius 1 is 1.23 bits per heavy atom. The maximum atomic E-state index is 14.2. The summed E-state index contributed by atoms with van der Waals surface area (Å²) in [7, 11) is 0. The third-order valence-electron chi connectivity index (χ3n) is 6.94. The summed E-state index contributed by atoms with van der Waals surface area (Å²) in [6, 6.07) is -1.37. The van der Waals surface area contributed by atoms with Gasteiger partial charge in [-0.1, -0.05) is 6.92 Å². The first-order chi connectivity index (χ1) is 18.5. The molecule has 0 aliphatic carbocycles. The van der Waals surface area contributed by atoms with Crippen LogP contribution in [0.15, 0.2) is 12.3 Å². The minimum Gasteiger partial charge on any atom is -0.381 e. The molecule has 2 fully saturated rings. The Balaban J connectivity index is 1.73. The van der Waals surface area contributed by atoms with Gasteiger partial charge in [-0.05, 0) is 45.1 Å². The lowest BCUT2D eigenvalue weighted by Gasteiger charge is -2.22. The predicted octanol–water partition coefficient (Wildman–Crippen LogP) is 5.43. The van der Waals surface area contributed by atoms with Gasteiger partial charge in [-0.3, -0.25) is 9.59 Å². The van der Waals surface area contributed by atoms with E-state index in [0.717, 1.165) is 36.4 Å².